The number of hydrogen-bond acceptors (Lipinski definition) is 4. The predicted octanol–water partition coefficient (Wildman–Crippen LogP) is 2.57. The number of Topliss-reactive ketones (excluding diaryl/α,β-unsaturated/α-hetero) is 1. The normalized spacial score (nSPS) is 18.3. The van der Waals surface area contributed by atoms with Crippen LogP contribution in [0.1, 0.15) is 36.0 Å². The van der Waals surface area contributed by atoms with Gasteiger partial charge < -0.3 is 10.4 Å². The fraction of sp³-hybridized carbons (Fsp3) is 0.400. The Hall–Kier alpha value is -1.82. The molecule has 0 heterocycles. The van der Waals surface area contributed by atoms with Crippen molar-refractivity contribution in [3.63, 3.8) is 0 Å². The number of carbonyl (C=O) groups excluding carboxylic acids is 2. The largest absolute Gasteiger partial charge is 0.478 e. The molecule has 1 fully saturated rings. The van der Waals surface area contributed by atoms with E-state index in [1.807, 2.05) is 0 Å². The van der Waals surface area contributed by atoms with Crippen LogP contribution in [0.3, 0.4) is 0 Å². The monoisotopic (exact) mass is 307 g/mol. The van der Waals surface area contributed by atoms with Crippen molar-refractivity contribution in [2.24, 2.45) is 0 Å². The molecule has 0 aromatic heterocycles. The van der Waals surface area contributed by atoms with Crippen molar-refractivity contribution in [2.45, 2.75) is 30.9 Å². The van der Waals surface area contributed by atoms with Gasteiger partial charge in [0.15, 0.2) is 0 Å². The Bertz CT molecular complexity index is 541. The van der Waals surface area contributed by atoms with Gasteiger partial charge in [0, 0.05) is 12.1 Å². The number of ketones is 1. The molecule has 2 N–H and O–H groups in total. The molecule has 1 amide bonds. The van der Waals surface area contributed by atoms with Gasteiger partial charge in [-0.05, 0) is 37.1 Å². The Labute approximate surface area is 127 Å². The minimum absolute atomic E-state index is 0.0566. The summed E-state index contributed by atoms with van der Waals surface area (Å²) in [6.07, 6.45) is 3.47. The van der Waals surface area contributed by atoms with Crippen molar-refractivity contribution in [3.05, 3.63) is 29.8 Å². The lowest BCUT2D eigenvalue weighted by Gasteiger charge is -2.19. The van der Waals surface area contributed by atoms with E-state index in [4.69, 9.17) is 5.11 Å². The first-order valence-corrected chi connectivity index (χ1v) is 7.88. The van der Waals surface area contributed by atoms with Crippen LogP contribution < -0.4 is 5.32 Å². The number of carbonyl (C=O) groups is 3. The van der Waals surface area contributed by atoms with Gasteiger partial charge in [0.25, 0.3) is 0 Å². The number of amides is 1. The molecule has 1 aliphatic carbocycles. The molecular formula is C15H17NO4S. The lowest BCUT2D eigenvalue weighted by molar-refractivity contribution is -0.119. The highest BCUT2D eigenvalue weighted by Gasteiger charge is 2.23. The average molecular weight is 307 g/mol. The van der Waals surface area contributed by atoms with Crippen LogP contribution in [-0.2, 0) is 9.59 Å². The second kappa shape index (κ2) is 7.26. The second-order valence-corrected chi connectivity index (χ2v) is 6.13. The lowest BCUT2D eigenvalue weighted by atomic mass is 9.99. The van der Waals surface area contributed by atoms with Crippen molar-refractivity contribution in [1.29, 1.82) is 0 Å². The molecule has 6 heteroatoms. The van der Waals surface area contributed by atoms with E-state index in [1.165, 1.54) is 23.9 Å². The number of anilines is 1. The molecular weight excluding hydrogens is 290 g/mol. The molecule has 1 aromatic carbocycles. The van der Waals surface area contributed by atoms with Crippen LogP contribution in [0.25, 0.3) is 0 Å². The van der Waals surface area contributed by atoms with Crippen molar-refractivity contribution in [1.82, 2.24) is 0 Å². The first kappa shape index (κ1) is 15.6. The molecule has 2 rings (SSSR count). The van der Waals surface area contributed by atoms with Gasteiger partial charge in [0.05, 0.1) is 16.6 Å². The SMILES string of the molecule is O=C(CSC1CCCCC1=O)Nc1ccc(C(=O)O)cc1. The number of aromatic carboxylic acids is 1. The summed E-state index contributed by atoms with van der Waals surface area (Å²) in [5, 5.41) is 11.4. The molecule has 0 aliphatic heterocycles. The fourth-order valence-corrected chi connectivity index (χ4v) is 3.26. The van der Waals surface area contributed by atoms with Crippen molar-refractivity contribution in [3.8, 4) is 0 Å². The number of carboxylic acid groups (broad SMARTS) is 1. The van der Waals surface area contributed by atoms with Crippen LogP contribution in [0.4, 0.5) is 5.69 Å². The van der Waals surface area contributed by atoms with Crippen LogP contribution >= 0.6 is 11.8 Å². The molecule has 0 saturated heterocycles. The van der Waals surface area contributed by atoms with E-state index in [0.717, 1.165) is 19.3 Å². The van der Waals surface area contributed by atoms with E-state index < -0.39 is 5.97 Å². The molecule has 1 aromatic rings. The summed E-state index contributed by atoms with van der Waals surface area (Å²) in [5.74, 6) is -0.706. The van der Waals surface area contributed by atoms with E-state index >= 15 is 0 Å². The summed E-state index contributed by atoms with van der Waals surface area (Å²) < 4.78 is 0. The molecule has 0 spiro atoms. The van der Waals surface area contributed by atoms with E-state index in [-0.39, 0.29) is 28.3 Å². The number of hydrogen-bond donors (Lipinski definition) is 2. The van der Waals surface area contributed by atoms with Crippen LogP contribution in [0.5, 0.6) is 0 Å². The Morgan fingerprint density at radius 2 is 1.95 bits per heavy atom. The van der Waals surface area contributed by atoms with Gasteiger partial charge in [-0.2, -0.15) is 0 Å². The van der Waals surface area contributed by atoms with Crippen LogP contribution in [0, 0.1) is 0 Å². The molecule has 1 atom stereocenters. The maximum Gasteiger partial charge on any atom is 0.335 e. The van der Waals surface area contributed by atoms with Crippen LogP contribution in [-0.4, -0.2) is 33.8 Å². The highest BCUT2D eigenvalue weighted by atomic mass is 32.2. The van der Waals surface area contributed by atoms with Crippen LogP contribution in [0.15, 0.2) is 24.3 Å². The number of benzene rings is 1. The van der Waals surface area contributed by atoms with Crippen molar-refractivity contribution in [2.75, 3.05) is 11.1 Å². The average Bonchev–Trinajstić information content (AvgIpc) is 2.47. The van der Waals surface area contributed by atoms with Crippen molar-refractivity contribution < 1.29 is 19.5 Å². The summed E-state index contributed by atoms with van der Waals surface area (Å²) in [5.41, 5.74) is 0.732. The highest BCUT2D eigenvalue weighted by Crippen LogP contribution is 2.25. The topological polar surface area (TPSA) is 83.5 Å². The summed E-state index contributed by atoms with van der Waals surface area (Å²) in [6.45, 7) is 0. The molecule has 1 saturated carbocycles. The molecule has 1 aliphatic rings. The highest BCUT2D eigenvalue weighted by molar-refractivity contribution is 8.01. The molecule has 0 bridgehead atoms. The summed E-state index contributed by atoms with van der Waals surface area (Å²) in [7, 11) is 0. The zero-order valence-corrected chi connectivity index (χ0v) is 12.3. The Morgan fingerprint density at radius 3 is 2.57 bits per heavy atom. The van der Waals surface area contributed by atoms with Crippen molar-refractivity contribution >= 4 is 35.1 Å². The maximum absolute atomic E-state index is 11.8. The summed E-state index contributed by atoms with van der Waals surface area (Å²) >= 11 is 1.39. The minimum atomic E-state index is -1.00. The zero-order chi connectivity index (χ0) is 15.2. The standard InChI is InChI=1S/C15H17NO4S/c17-12-3-1-2-4-13(12)21-9-14(18)16-11-7-5-10(6-8-11)15(19)20/h5-8,13H,1-4,9H2,(H,16,18)(H,19,20). The fourth-order valence-electron chi connectivity index (χ4n) is 2.20. The Balaban J connectivity index is 1.81. The number of rotatable bonds is 5. The predicted molar refractivity (Wildman–Crippen MR) is 81.8 cm³/mol. The second-order valence-electron chi connectivity index (χ2n) is 4.94. The molecule has 0 radical (unpaired) electrons. The smallest absolute Gasteiger partial charge is 0.335 e. The van der Waals surface area contributed by atoms with Gasteiger partial charge in [-0.25, -0.2) is 4.79 Å². The van der Waals surface area contributed by atoms with Gasteiger partial charge in [0.2, 0.25) is 5.91 Å². The van der Waals surface area contributed by atoms with Crippen LogP contribution in [0.2, 0.25) is 0 Å². The van der Waals surface area contributed by atoms with Gasteiger partial charge in [-0.3, -0.25) is 9.59 Å². The molecule has 5 nitrogen and oxygen atoms in total. The van der Waals surface area contributed by atoms with Gasteiger partial charge in [-0.1, -0.05) is 6.42 Å². The van der Waals surface area contributed by atoms with Gasteiger partial charge in [-0.15, -0.1) is 11.8 Å². The third-order valence-corrected chi connectivity index (χ3v) is 4.66. The minimum Gasteiger partial charge on any atom is -0.478 e. The summed E-state index contributed by atoms with van der Waals surface area (Å²) in [4.78, 5) is 34.2. The Morgan fingerprint density at radius 1 is 1.24 bits per heavy atom. The van der Waals surface area contributed by atoms with E-state index in [0.29, 0.717) is 12.1 Å². The number of nitrogens with one attached hydrogen (secondary N) is 1. The lowest BCUT2D eigenvalue weighted by Crippen LogP contribution is -2.24. The first-order valence-electron chi connectivity index (χ1n) is 6.84. The van der Waals surface area contributed by atoms with E-state index in [2.05, 4.69) is 5.32 Å². The first-order chi connectivity index (χ1) is 10.1. The van der Waals surface area contributed by atoms with E-state index in [9.17, 15) is 14.4 Å². The van der Waals surface area contributed by atoms with Gasteiger partial charge in [0.1, 0.15) is 5.78 Å². The third-order valence-electron chi connectivity index (χ3n) is 3.33. The third kappa shape index (κ3) is 4.60. The zero-order valence-electron chi connectivity index (χ0n) is 11.5. The van der Waals surface area contributed by atoms with E-state index in [1.54, 1.807) is 12.1 Å². The maximum atomic E-state index is 11.8. The molecule has 21 heavy (non-hydrogen) atoms. The number of carboxylic acids is 1. The molecule has 112 valence electrons. The summed E-state index contributed by atoms with van der Waals surface area (Å²) in [6, 6.07) is 5.99. The molecule has 1 unspecified atom stereocenters. The number of thioether (sulfide) groups is 1. The van der Waals surface area contributed by atoms with Gasteiger partial charge >= 0.3 is 5.97 Å². The quantitative estimate of drug-likeness (QED) is 0.873. The Kier molecular flexibility index (Phi) is 5.38.